The molecule has 2 aromatic carbocycles. The number of anilines is 1. The van der Waals surface area contributed by atoms with Crippen molar-refractivity contribution in [1.29, 1.82) is 0 Å². The zero-order valence-electron chi connectivity index (χ0n) is 14.0. The molecule has 1 heterocycles. The summed E-state index contributed by atoms with van der Waals surface area (Å²) >= 11 is 0. The van der Waals surface area contributed by atoms with Gasteiger partial charge in [0.2, 0.25) is 10.0 Å². The minimum Gasteiger partial charge on any atom is -0.379 e. The largest absolute Gasteiger partial charge is 0.379 e. The summed E-state index contributed by atoms with van der Waals surface area (Å²) in [5.41, 5.74) is 1.60. The van der Waals surface area contributed by atoms with E-state index >= 15 is 0 Å². The van der Waals surface area contributed by atoms with E-state index in [0.29, 0.717) is 43.1 Å². The van der Waals surface area contributed by atoms with Gasteiger partial charge in [-0.3, -0.25) is 4.79 Å². The molecule has 0 aromatic heterocycles. The van der Waals surface area contributed by atoms with Gasteiger partial charge in [-0.15, -0.1) is 6.42 Å². The number of hydrogen-bond acceptors (Lipinski definition) is 4. The Labute approximate surface area is 152 Å². The summed E-state index contributed by atoms with van der Waals surface area (Å²) in [4.78, 5) is 12.5. The first-order valence-corrected chi connectivity index (χ1v) is 9.51. The molecule has 0 bridgehead atoms. The predicted octanol–water partition coefficient (Wildman–Crippen LogP) is 1.94. The van der Waals surface area contributed by atoms with Crippen LogP contribution in [0.2, 0.25) is 0 Å². The Hall–Kier alpha value is -2.66. The van der Waals surface area contributed by atoms with E-state index in [4.69, 9.17) is 11.2 Å². The van der Waals surface area contributed by atoms with Gasteiger partial charge in [-0.1, -0.05) is 12.0 Å². The molecule has 1 aliphatic heterocycles. The lowest BCUT2D eigenvalue weighted by Gasteiger charge is -2.26. The monoisotopic (exact) mass is 370 g/mol. The minimum absolute atomic E-state index is 0.158. The summed E-state index contributed by atoms with van der Waals surface area (Å²) in [5.74, 6) is 2.17. The lowest BCUT2D eigenvalue weighted by Crippen LogP contribution is -2.40. The molecule has 6 nitrogen and oxygen atoms in total. The van der Waals surface area contributed by atoms with Gasteiger partial charge >= 0.3 is 0 Å². The van der Waals surface area contributed by atoms with E-state index in [2.05, 4.69) is 11.2 Å². The molecule has 0 radical (unpaired) electrons. The number of hydrogen-bond donors (Lipinski definition) is 1. The third-order valence-electron chi connectivity index (χ3n) is 4.01. The molecule has 1 aliphatic rings. The maximum Gasteiger partial charge on any atom is 0.255 e. The molecule has 1 fully saturated rings. The average molecular weight is 370 g/mol. The fourth-order valence-corrected chi connectivity index (χ4v) is 4.01. The molecule has 2 aromatic rings. The lowest BCUT2D eigenvalue weighted by molar-refractivity contribution is 0.0730. The Bertz CT molecular complexity index is 940. The molecule has 0 aliphatic carbocycles. The van der Waals surface area contributed by atoms with Gasteiger partial charge in [-0.2, -0.15) is 4.31 Å². The molecular formula is C19H18N2O4S. The van der Waals surface area contributed by atoms with Crippen LogP contribution in [-0.2, 0) is 14.8 Å². The van der Waals surface area contributed by atoms with Crippen LogP contribution in [0.3, 0.4) is 0 Å². The Kier molecular flexibility index (Phi) is 5.38. The number of nitrogens with zero attached hydrogens (tertiary/aromatic N) is 1. The lowest BCUT2D eigenvalue weighted by atomic mass is 10.2. The number of morpholine rings is 1. The molecule has 3 rings (SSSR count). The van der Waals surface area contributed by atoms with Crippen LogP contribution in [0.4, 0.5) is 5.69 Å². The molecule has 0 saturated carbocycles. The van der Waals surface area contributed by atoms with Crippen molar-refractivity contribution in [3.63, 3.8) is 0 Å². The van der Waals surface area contributed by atoms with Gasteiger partial charge < -0.3 is 10.1 Å². The molecule has 26 heavy (non-hydrogen) atoms. The first-order valence-electron chi connectivity index (χ1n) is 8.07. The number of benzene rings is 2. The van der Waals surface area contributed by atoms with Gasteiger partial charge in [0.1, 0.15) is 0 Å². The van der Waals surface area contributed by atoms with Gasteiger partial charge in [-0.25, -0.2) is 8.42 Å². The molecule has 1 amide bonds. The molecule has 0 unspecified atom stereocenters. The van der Waals surface area contributed by atoms with Crippen LogP contribution >= 0.6 is 0 Å². The zero-order chi connectivity index (χ0) is 18.6. The number of terminal acetylenes is 1. The van der Waals surface area contributed by atoms with Crippen molar-refractivity contribution < 1.29 is 17.9 Å². The smallest absolute Gasteiger partial charge is 0.255 e. The van der Waals surface area contributed by atoms with E-state index in [1.165, 1.54) is 28.6 Å². The summed E-state index contributed by atoms with van der Waals surface area (Å²) < 4.78 is 31.7. The molecule has 0 atom stereocenters. The van der Waals surface area contributed by atoms with Gasteiger partial charge in [-0.05, 0) is 42.5 Å². The van der Waals surface area contributed by atoms with E-state index in [-0.39, 0.29) is 10.8 Å². The van der Waals surface area contributed by atoms with Crippen molar-refractivity contribution in [2.75, 3.05) is 31.6 Å². The topological polar surface area (TPSA) is 75.7 Å². The van der Waals surface area contributed by atoms with E-state index in [1.54, 1.807) is 24.3 Å². The van der Waals surface area contributed by atoms with Crippen molar-refractivity contribution >= 4 is 21.6 Å². The van der Waals surface area contributed by atoms with E-state index in [0.717, 1.165) is 0 Å². The molecule has 1 saturated heterocycles. The van der Waals surface area contributed by atoms with Gasteiger partial charge in [0.25, 0.3) is 5.91 Å². The number of carbonyl (C=O) groups excluding carboxylic acids is 1. The highest BCUT2D eigenvalue weighted by molar-refractivity contribution is 7.89. The highest BCUT2D eigenvalue weighted by Gasteiger charge is 2.26. The summed E-state index contributed by atoms with van der Waals surface area (Å²) in [6, 6.07) is 12.8. The fraction of sp³-hybridized carbons (Fsp3) is 0.211. The Morgan fingerprint density at radius 2 is 1.81 bits per heavy atom. The third kappa shape index (κ3) is 3.94. The van der Waals surface area contributed by atoms with Crippen LogP contribution in [0.1, 0.15) is 15.9 Å². The number of rotatable bonds is 4. The molecule has 134 valence electrons. The molecule has 0 spiro atoms. The van der Waals surface area contributed by atoms with Crippen molar-refractivity contribution in [1.82, 2.24) is 4.31 Å². The molecule has 1 N–H and O–H groups in total. The predicted molar refractivity (Wildman–Crippen MR) is 98.4 cm³/mol. The Morgan fingerprint density at radius 3 is 2.46 bits per heavy atom. The van der Waals surface area contributed by atoms with Crippen LogP contribution in [0.5, 0.6) is 0 Å². The van der Waals surface area contributed by atoms with Gasteiger partial charge in [0.05, 0.1) is 18.1 Å². The highest BCUT2D eigenvalue weighted by Crippen LogP contribution is 2.18. The number of ether oxygens (including phenoxy) is 1. The van der Waals surface area contributed by atoms with Crippen molar-refractivity contribution in [2.24, 2.45) is 0 Å². The number of nitrogens with one attached hydrogen (secondary N) is 1. The first kappa shape index (κ1) is 18.1. The van der Waals surface area contributed by atoms with Gasteiger partial charge in [0.15, 0.2) is 0 Å². The number of sulfonamides is 1. The highest BCUT2D eigenvalue weighted by atomic mass is 32.2. The van der Waals surface area contributed by atoms with Gasteiger partial charge in [0, 0.05) is 29.9 Å². The zero-order valence-corrected chi connectivity index (χ0v) is 14.8. The molecular weight excluding hydrogens is 352 g/mol. The average Bonchev–Trinajstić information content (AvgIpc) is 2.69. The normalized spacial score (nSPS) is 15.2. The Morgan fingerprint density at radius 1 is 1.12 bits per heavy atom. The van der Waals surface area contributed by atoms with E-state index in [1.807, 2.05) is 0 Å². The van der Waals surface area contributed by atoms with Crippen LogP contribution in [0, 0.1) is 12.3 Å². The fourth-order valence-electron chi connectivity index (χ4n) is 2.60. The SMILES string of the molecule is C#Cc1cccc(NC(=O)c2ccc(S(=O)(=O)N3CCOCC3)cc2)c1. The standard InChI is InChI=1S/C19H18N2O4S/c1-2-15-4-3-5-17(14-15)20-19(22)16-6-8-18(9-7-16)26(23,24)21-10-12-25-13-11-21/h1,3-9,14H,10-13H2,(H,20,22). The minimum atomic E-state index is -3.57. The van der Waals surface area contributed by atoms with Crippen LogP contribution < -0.4 is 5.32 Å². The van der Waals surface area contributed by atoms with E-state index < -0.39 is 10.0 Å². The van der Waals surface area contributed by atoms with Crippen molar-refractivity contribution in [3.8, 4) is 12.3 Å². The van der Waals surface area contributed by atoms with Crippen LogP contribution in [-0.4, -0.2) is 44.9 Å². The summed E-state index contributed by atoms with van der Waals surface area (Å²) in [5, 5.41) is 2.74. The third-order valence-corrected chi connectivity index (χ3v) is 5.92. The quantitative estimate of drug-likeness (QED) is 0.835. The maximum absolute atomic E-state index is 12.6. The second-order valence-corrected chi connectivity index (χ2v) is 7.66. The van der Waals surface area contributed by atoms with Crippen molar-refractivity contribution in [3.05, 3.63) is 59.7 Å². The van der Waals surface area contributed by atoms with Crippen LogP contribution in [0.25, 0.3) is 0 Å². The second-order valence-electron chi connectivity index (χ2n) is 5.72. The number of carbonyl (C=O) groups is 1. The second kappa shape index (κ2) is 7.70. The molecule has 7 heteroatoms. The van der Waals surface area contributed by atoms with E-state index in [9.17, 15) is 13.2 Å². The summed E-state index contributed by atoms with van der Waals surface area (Å²) in [7, 11) is -3.57. The summed E-state index contributed by atoms with van der Waals surface area (Å²) in [6.07, 6.45) is 5.35. The first-order chi connectivity index (χ1) is 12.5. The Balaban J connectivity index is 1.74. The van der Waals surface area contributed by atoms with Crippen LogP contribution in [0.15, 0.2) is 53.4 Å². The number of amides is 1. The van der Waals surface area contributed by atoms with Crippen molar-refractivity contribution in [2.45, 2.75) is 4.90 Å². The maximum atomic E-state index is 12.6. The summed E-state index contributed by atoms with van der Waals surface area (Å²) in [6.45, 7) is 1.43.